The van der Waals surface area contributed by atoms with E-state index >= 15 is 0 Å². The normalized spacial score (nSPS) is 14.2. The Morgan fingerprint density at radius 3 is 2.50 bits per heavy atom. The standard InChI is InChI=1S/C37H27I2N3O4S2/c1-3-45-36(44)31-32(22-9-5-4-6-10-22)41-37-42(33(31)23-13-15-28(47-2)16-14-23)35(43)30(48-37)18-26-17-27(38)19-29(39)34(26)46-21-25-12-8-7-11-24(25)20-40/h4-19,33H,3,21H2,1-2H3/b30-18-/t33-/m1/s1. The molecule has 7 nitrogen and oxygen atoms in total. The van der Waals surface area contributed by atoms with Crippen LogP contribution >= 0.6 is 68.3 Å². The van der Waals surface area contributed by atoms with Crippen LogP contribution in [-0.2, 0) is 16.1 Å². The monoisotopic (exact) mass is 895 g/mol. The van der Waals surface area contributed by atoms with Gasteiger partial charge in [-0.25, -0.2) is 9.79 Å². The average molecular weight is 896 g/mol. The minimum atomic E-state index is -0.761. The van der Waals surface area contributed by atoms with Gasteiger partial charge < -0.3 is 9.47 Å². The van der Waals surface area contributed by atoms with Crippen molar-refractivity contribution in [2.75, 3.05) is 12.9 Å². The zero-order valence-corrected chi connectivity index (χ0v) is 31.7. The second-order valence-electron chi connectivity index (χ2n) is 10.6. The van der Waals surface area contributed by atoms with Crippen molar-refractivity contribution in [2.45, 2.75) is 24.5 Å². The van der Waals surface area contributed by atoms with Gasteiger partial charge in [-0.05, 0) is 100 Å². The number of benzene rings is 4. The fourth-order valence-corrected chi connectivity index (χ4v) is 8.87. The number of esters is 1. The third kappa shape index (κ3) is 7.03. The second kappa shape index (κ2) is 15.2. The minimum Gasteiger partial charge on any atom is -0.487 e. The molecule has 1 aliphatic heterocycles. The number of halogens is 2. The molecule has 0 amide bonds. The molecule has 0 bridgehead atoms. The first kappa shape index (κ1) is 34.2. The van der Waals surface area contributed by atoms with Crippen LogP contribution < -0.4 is 19.6 Å². The van der Waals surface area contributed by atoms with Crippen LogP contribution in [0.5, 0.6) is 5.75 Å². The van der Waals surface area contributed by atoms with E-state index in [1.54, 1.807) is 29.3 Å². The topological polar surface area (TPSA) is 93.7 Å². The first-order valence-electron chi connectivity index (χ1n) is 14.8. The van der Waals surface area contributed by atoms with E-state index in [4.69, 9.17) is 14.5 Å². The van der Waals surface area contributed by atoms with Crippen molar-refractivity contribution < 1.29 is 14.3 Å². The highest BCUT2D eigenvalue weighted by molar-refractivity contribution is 14.1. The van der Waals surface area contributed by atoms with Crippen LogP contribution in [0.3, 0.4) is 0 Å². The maximum atomic E-state index is 14.5. The molecule has 0 spiro atoms. The SMILES string of the molecule is CCOC(=O)C1=C(c2ccccc2)N=c2s/c(=C\c3cc(I)cc(I)c3OCc3ccccc3C#N)c(=O)n2[C@@H]1c1ccc(SC)cc1. The van der Waals surface area contributed by atoms with Gasteiger partial charge in [-0.2, -0.15) is 5.26 Å². The summed E-state index contributed by atoms with van der Waals surface area (Å²) in [5.41, 5.74) is 4.08. The number of hydrogen-bond donors (Lipinski definition) is 0. The number of hydrogen-bond acceptors (Lipinski definition) is 8. The third-order valence-electron chi connectivity index (χ3n) is 7.64. The first-order chi connectivity index (χ1) is 23.3. The lowest BCUT2D eigenvalue weighted by Gasteiger charge is -2.26. The molecular weight excluding hydrogens is 868 g/mol. The van der Waals surface area contributed by atoms with Gasteiger partial charge in [0.1, 0.15) is 12.4 Å². The molecule has 1 aromatic heterocycles. The predicted molar refractivity (Wildman–Crippen MR) is 207 cm³/mol. The van der Waals surface area contributed by atoms with Gasteiger partial charge in [0.15, 0.2) is 4.80 Å². The van der Waals surface area contributed by atoms with E-state index in [9.17, 15) is 14.9 Å². The number of thiazole rings is 1. The molecule has 1 atom stereocenters. The van der Waals surface area contributed by atoms with Gasteiger partial charge in [0, 0.05) is 25.2 Å². The van der Waals surface area contributed by atoms with Gasteiger partial charge in [-0.15, -0.1) is 11.8 Å². The quantitative estimate of drug-likeness (QED) is 0.0876. The van der Waals surface area contributed by atoms with Gasteiger partial charge >= 0.3 is 5.97 Å². The molecule has 0 fully saturated rings. The van der Waals surface area contributed by atoms with E-state index in [-0.39, 0.29) is 18.8 Å². The van der Waals surface area contributed by atoms with Gasteiger partial charge in [0.25, 0.3) is 5.56 Å². The van der Waals surface area contributed by atoms with Crippen LogP contribution in [0, 0.1) is 18.5 Å². The van der Waals surface area contributed by atoms with Crippen molar-refractivity contribution in [3.05, 3.63) is 151 Å². The number of carbonyl (C=O) groups is 1. The maximum absolute atomic E-state index is 14.5. The van der Waals surface area contributed by atoms with Crippen LogP contribution in [0.2, 0.25) is 0 Å². The summed E-state index contributed by atoms with van der Waals surface area (Å²) in [7, 11) is 0. The van der Waals surface area contributed by atoms with E-state index in [0.29, 0.717) is 31.9 Å². The Bertz CT molecular complexity index is 2270. The summed E-state index contributed by atoms with van der Waals surface area (Å²) in [6.07, 6.45) is 3.82. The molecule has 0 saturated carbocycles. The maximum Gasteiger partial charge on any atom is 0.338 e. The van der Waals surface area contributed by atoms with Crippen LogP contribution in [-0.4, -0.2) is 23.4 Å². The zero-order valence-electron chi connectivity index (χ0n) is 25.8. The third-order valence-corrected chi connectivity index (χ3v) is 10.8. The second-order valence-corrected chi connectivity index (χ2v) is 14.9. The van der Waals surface area contributed by atoms with Crippen molar-refractivity contribution in [1.29, 1.82) is 5.26 Å². The number of aromatic nitrogens is 1. The van der Waals surface area contributed by atoms with E-state index in [0.717, 1.165) is 34.3 Å². The number of thioether (sulfide) groups is 1. The van der Waals surface area contributed by atoms with Crippen LogP contribution in [0.15, 0.2) is 111 Å². The number of ether oxygens (including phenoxy) is 2. The lowest BCUT2D eigenvalue weighted by atomic mass is 9.93. The fraction of sp³-hybridized carbons (Fsp3) is 0.135. The Kier molecular flexibility index (Phi) is 10.8. The lowest BCUT2D eigenvalue weighted by molar-refractivity contribution is -0.138. The highest BCUT2D eigenvalue weighted by Gasteiger charge is 2.35. The Balaban J connectivity index is 1.56. The molecule has 0 saturated heterocycles. The minimum absolute atomic E-state index is 0.180. The summed E-state index contributed by atoms with van der Waals surface area (Å²) >= 11 is 7.36. The van der Waals surface area contributed by atoms with Gasteiger partial charge in [0.2, 0.25) is 0 Å². The molecule has 2 heterocycles. The molecule has 0 unspecified atom stereocenters. The van der Waals surface area contributed by atoms with Gasteiger partial charge in [-0.3, -0.25) is 9.36 Å². The van der Waals surface area contributed by atoms with Crippen molar-refractivity contribution in [2.24, 2.45) is 4.99 Å². The summed E-state index contributed by atoms with van der Waals surface area (Å²) in [4.78, 5) is 34.7. The van der Waals surface area contributed by atoms with E-state index < -0.39 is 12.0 Å². The Morgan fingerprint density at radius 1 is 1.06 bits per heavy atom. The summed E-state index contributed by atoms with van der Waals surface area (Å²) in [5.74, 6) is 0.0878. The summed E-state index contributed by atoms with van der Waals surface area (Å²) in [6.45, 7) is 2.14. The lowest BCUT2D eigenvalue weighted by Crippen LogP contribution is -2.40. The molecule has 48 heavy (non-hydrogen) atoms. The van der Waals surface area contributed by atoms with Crippen molar-refractivity contribution in [3.63, 3.8) is 0 Å². The smallest absolute Gasteiger partial charge is 0.338 e. The molecule has 5 aromatic rings. The van der Waals surface area contributed by atoms with Crippen molar-refractivity contribution in [1.82, 2.24) is 4.57 Å². The molecule has 1 aliphatic rings. The summed E-state index contributed by atoms with van der Waals surface area (Å²) < 4.78 is 15.8. The van der Waals surface area contributed by atoms with Gasteiger partial charge in [0.05, 0.1) is 43.7 Å². The van der Waals surface area contributed by atoms with Crippen LogP contribution in [0.4, 0.5) is 0 Å². The Morgan fingerprint density at radius 2 is 1.79 bits per heavy atom. The number of rotatable bonds is 9. The van der Waals surface area contributed by atoms with E-state index in [2.05, 4.69) is 51.3 Å². The molecular formula is C37H27I2N3O4S2. The highest BCUT2D eigenvalue weighted by Crippen LogP contribution is 2.36. The van der Waals surface area contributed by atoms with Gasteiger partial charge in [-0.1, -0.05) is 72.0 Å². The van der Waals surface area contributed by atoms with E-state index in [1.807, 2.05) is 97.3 Å². The molecule has 6 rings (SSSR count). The number of nitrogens with zero attached hydrogens (tertiary/aromatic N) is 3. The van der Waals surface area contributed by atoms with Crippen molar-refractivity contribution in [3.8, 4) is 11.8 Å². The summed E-state index contributed by atoms with van der Waals surface area (Å²) in [5, 5.41) is 9.58. The average Bonchev–Trinajstić information content (AvgIpc) is 3.41. The van der Waals surface area contributed by atoms with Crippen LogP contribution in [0.25, 0.3) is 11.8 Å². The Hall–Kier alpha value is -3.71. The predicted octanol–water partition coefficient (Wildman–Crippen LogP) is 7.32. The molecule has 0 radical (unpaired) electrons. The molecule has 0 aliphatic carbocycles. The number of fused-ring (bicyclic) bond motifs is 1. The molecule has 11 heteroatoms. The largest absolute Gasteiger partial charge is 0.487 e. The van der Waals surface area contributed by atoms with Crippen molar-refractivity contribution >= 4 is 86.0 Å². The fourth-order valence-electron chi connectivity index (χ4n) is 5.43. The van der Waals surface area contributed by atoms with E-state index in [1.165, 1.54) is 11.3 Å². The number of nitriles is 1. The summed E-state index contributed by atoms with van der Waals surface area (Å²) in [6, 6.07) is 30.1. The zero-order chi connectivity index (χ0) is 33.8. The highest BCUT2D eigenvalue weighted by atomic mass is 127. The Labute approximate surface area is 312 Å². The molecule has 4 aromatic carbocycles. The first-order valence-corrected chi connectivity index (χ1v) is 19.0. The van der Waals surface area contributed by atoms with Crippen LogP contribution in [0.1, 0.15) is 40.8 Å². The molecule has 240 valence electrons. The number of carbonyl (C=O) groups excluding carboxylic acids is 1. The molecule has 0 N–H and O–H groups in total.